The zero-order chi connectivity index (χ0) is 9.14. The van der Waals surface area contributed by atoms with E-state index in [1.807, 2.05) is 0 Å². The lowest BCUT2D eigenvalue weighted by molar-refractivity contribution is 0.485. The van der Waals surface area contributed by atoms with Crippen molar-refractivity contribution in [2.75, 3.05) is 0 Å². The van der Waals surface area contributed by atoms with Crippen LogP contribution in [-0.4, -0.2) is 5.90 Å². The zero-order valence-corrected chi connectivity index (χ0v) is 7.98. The first kappa shape index (κ1) is 9.19. The van der Waals surface area contributed by atoms with E-state index in [1.54, 1.807) is 6.07 Å². The van der Waals surface area contributed by atoms with Gasteiger partial charge in [-0.2, -0.15) is 0 Å². The van der Waals surface area contributed by atoms with Gasteiger partial charge < -0.3 is 4.74 Å². The van der Waals surface area contributed by atoms with Crippen LogP contribution >= 0.6 is 15.9 Å². The summed E-state index contributed by atoms with van der Waals surface area (Å²) >= 11 is 3.11. The highest BCUT2D eigenvalue weighted by Crippen LogP contribution is 2.21. The van der Waals surface area contributed by atoms with Gasteiger partial charge in [-0.3, -0.25) is 5.41 Å². The molecule has 0 aliphatic heterocycles. The second-order valence-electron chi connectivity index (χ2n) is 2.23. The minimum absolute atomic E-state index is 0.0313. The van der Waals surface area contributed by atoms with E-state index in [1.165, 1.54) is 19.1 Å². The number of benzene rings is 1. The SMILES string of the molecule is CC(=N)Oc1ccc(Br)cc1F. The Morgan fingerprint density at radius 3 is 2.75 bits per heavy atom. The van der Waals surface area contributed by atoms with Gasteiger partial charge in [-0.15, -0.1) is 0 Å². The summed E-state index contributed by atoms with van der Waals surface area (Å²) in [6.45, 7) is 1.45. The van der Waals surface area contributed by atoms with Crippen LogP contribution in [0.5, 0.6) is 5.75 Å². The summed E-state index contributed by atoms with van der Waals surface area (Å²) < 4.78 is 18.4. The monoisotopic (exact) mass is 231 g/mol. The van der Waals surface area contributed by atoms with Crippen LogP contribution in [0.15, 0.2) is 22.7 Å². The number of hydrogen-bond donors (Lipinski definition) is 1. The molecule has 0 atom stereocenters. The smallest absolute Gasteiger partial charge is 0.184 e. The zero-order valence-electron chi connectivity index (χ0n) is 6.40. The molecule has 12 heavy (non-hydrogen) atoms. The van der Waals surface area contributed by atoms with Gasteiger partial charge in [0.25, 0.3) is 0 Å². The van der Waals surface area contributed by atoms with E-state index in [0.29, 0.717) is 4.47 Å². The molecule has 1 aromatic carbocycles. The van der Waals surface area contributed by atoms with Crippen molar-refractivity contribution in [1.29, 1.82) is 5.41 Å². The molecule has 4 heteroatoms. The van der Waals surface area contributed by atoms with Gasteiger partial charge in [0.1, 0.15) is 0 Å². The average molecular weight is 232 g/mol. The van der Waals surface area contributed by atoms with Crippen molar-refractivity contribution in [3.8, 4) is 5.75 Å². The maximum absolute atomic E-state index is 13.0. The van der Waals surface area contributed by atoms with E-state index >= 15 is 0 Å². The van der Waals surface area contributed by atoms with Crippen molar-refractivity contribution in [3.05, 3.63) is 28.5 Å². The van der Waals surface area contributed by atoms with Gasteiger partial charge in [0.15, 0.2) is 17.5 Å². The van der Waals surface area contributed by atoms with E-state index in [2.05, 4.69) is 15.9 Å². The molecule has 2 nitrogen and oxygen atoms in total. The number of nitrogens with one attached hydrogen (secondary N) is 1. The first-order chi connectivity index (χ1) is 5.59. The van der Waals surface area contributed by atoms with E-state index in [-0.39, 0.29) is 11.6 Å². The van der Waals surface area contributed by atoms with E-state index < -0.39 is 5.82 Å². The van der Waals surface area contributed by atoms with Gasteiger partial charge in [-0.1, -0.05) is 15.9 Å². The summed E-state index contributed by atoms with van der Waals surface area (Å²) in [5.41, 5.74) is 0. The molecule has 0 bridgehead atoms. The maximum Gasteiger partial charge on any atom is 0.184 e. The van der Waals surface area contributed by atoms with E-state index in [9.17, 15) is 4.39 Å². The fourth-order valence-corrected chi connectivity index (χ4v) is 1.06. The molecular formula is C8H7BrFNO. The Morgan fingerprint density at radius 1 is 1.58 bits per heavy atom. The summed E-state index contributed by atoms with van der Waals surface area (Å²) in [5.74, 6) is -0.433. The molecule has 0 aliphatic carbocycles. The van der Waals surface area contributed by atoms with Crippen LogP contribution in [0.4, 0.5) is 4.39 Å². The molecule has 64 valence electrons. The summed E-state index contributed by atoms with van der Waals surface area (Å²) in [6.07, 6.45) is 0. The average Bonchev–Trinajstić information content (AvgIpc) is 1.94. The lowest BCUT2D eigenvalue weighted by Gasteiger charge is -2.03. The van der Waals surface area contributed by atoms with Crippen molar-refractivity contribution in [2.45, 2.75) is 6.92 Å². The molecule has 1 rings (SSSR count). The van der Waals surface area contributed by atoms with Gasteiger partial charge >= 0.3 is 0 Å². The van der Waals surface area contributed by atoms with Gasteiger partial charge in [0, 0.05) is 11.4 Å². The molecule has 0 aliphatic rings. The number of halogens is 2. The Bertz CT molecular complexity index is 314. The lowest BCUT2D eigenvalue weighted by Crippen LogP contribution is -2.01. The predicted molar refractivity (Wildman–Crippen MR) is 48.1 cm³/mol. The highest BCUT2D eigenvalue weighted by molar-refractivity contribution is 9.10. The Balaban J connectivity index is 2.93. The summed E-state index contributed by atoms with van der Waals surface area (Å²) in [6, 6.07) is 4.41. The lowest BCUT2D eigenvalue weighted by atomic mass is 10.3. The first-order valence-corrected chi connectivity index (χ1v) is 4.07. The van der Waals surface area contributed by atoms with Gasteiger partial charge in [0.05, 0.1) is 0 Å². The second kappa shape index (κ2) is 3.67. The highest BCUT2D eigenvalue weighted by Gasteiger charge is 2.03. The maximum atomic E-state index is 13.0. The van der Waals surface area contributed by atoms with E-state index in [4.69, 9.17) is 10.1 Å². The fourth-order valence-electron chi connectivity index (χ4n) is 0.723. The Kier molecular flexibility index (Phi) is 2.81. The molecule has 0 saturated carbocycles. The van der Waals surface area contributed by atoms with Crippen LogP contribution in [0.1, 0.15) is 6.92 Å². The van der Waals surface area contributed by atoms with Crippen molar-refractivity contribution in [1.82, 2.24) is 0 Å². The largest absolute Gasteiger partial charge is 0.441 e. The van der Waals surface area contributed by atoms with Crippen LogP contribution in [0.3, 0.4) is 0 Å². The van der Waals surface area contributed by atoms with Gasteiger partial charge in [-0.05, 0) is 18.2 Å². The van der Waals surface area contributed by atoms with Gasteiger partial charge in [0.2, 0.25) is 0 Å². The van der Waals surface area contributed by atoms with Crippen LogP contribution in [0.2, 0.25) is 0 Å². The molecule has 0 amide bonds. The Morgan fingerprint density at radius 2 is 2.25 bits per heavy atom. The molecule has 0 unspecified atom stereocenters. The minimum Gasteiger partial charge on any atom is -0.441 e. The molecular weight excluding hydrogens is 225 g/mol. The normalized spacial score (nSPS) is 9.58. The first-order valence-electron chi connectivity index (χ1n) is 3.27. The Hall–Kier alpha value is -0.900. The highest BCUT2D eigenvalue weighted by atomic mass is 79.9. The fraction of sp³-hybridized carbons (Fsp3) is 0.125. The summed E-state index contributed by atoms with van der Waals surface area (Å²) in [4.78, 5) is 0. The number of rotatable bonds is 1. The predicted octanol–water partition coefficient (Wildman–Crippen LogP) is 2.96. The summed E-state index contributed by atoms with van der Waals surface area (Å²) in [5, 5.41) is 6.98. The molecule has 1 aromatic rings. The van der Waals surface area contributed by atoms with Crippen molar-refractivity contribution >= 4 is 21.8 Å². The molecule has 0 radical (unpaired) electrons. The topological polar surface area (TPSA) is 33.1 Å². The second-order valence-corrected chi connectivity index (χ2v) is 3.15. The van der Waals surface area contributed by atoms with E-state index in [0.717, 1.165) is 0 Å². The summed E-state index contributed by atoms with van der Waals surface area (Å²) in [7, 11) is 0. The third-order valence-corrected chi connectivity index (χ3v) is 1.65. The number of ether oxygens (including phenoxy) is 1. The van der Waals surface area contributed by atoms with Gasteiger partial charge in [-0.25, -0.2) is 4.39 Å². The number of hydrogen-bond acceptors (Lipinski definition) is 2. The minimum atomic E-state index is -0.476. The van der Waals surface area contributed by atoms with Crippen LogP contribution in [0, 0.1) is 11.2 Å². The van der Waals surface area contributed by atoms with Crippen molar-refractivity contribution in [3.63, 3.8) is 0 Å². The molecule has 0 heterocycles. The molecule has 1 N–H and O–H groups in total. The van der Waals surface area contributed by atoms with Crippen LogP contribution in [0.25, 0.3) is 0 Å². The Labute approximate surface area is 78.0 Å². The van der Waals surface area contributed by atoms with Crippen molar-refractivity contribution in [2.24, 2.45) is 0 Å². The van der Waals surface area contributed by atoms with Crippen LogP contribution < -0.4 is 4.74 Å². The standard InChI is InChI=1S/C8H7BrFNO/c1-5(11)12-8-3-2-6(9)4-7(8)10/h2-4,11H,1H3. The molecule has 0 spiro atoms. The molecule has 0 aromatic heterocycles. The molecule has 0 saturated heterocycles. The van der Waals surface area contributed by atoms with Crippen LogP contribution in [-0.2, 0) is 0 Å². The third kappa shape index (κ3) is 2.30. The third-order valence-electron chi connectivity index (χ3n) is 1.16. The molecule has 0 fully saturated rings. The quantitative estimate of drug-likeness (QED) is 0.586. The van der Waals surface area contributed by atoms with Crippen molar-refractivity contribution < 1.29 is 9.13 Å².